The van der Waals surface area contributed by atoms with Crippen molar-refractivity contribution < 1.29 is 9.59 Å². The Morgan fingerprint density at radius 3 is 2.77 bits per heavy atom. The van der Waals surface area contributed by atoms with Crippen molar-refractivity contribution in [3.05, 3.63) is 51.7 Å². The summed E-state index contributed by atoms with van der Waals surface area (Å²) in [6.45, 7) is 4.72. The molecule has 2 heterocycles. The molecule has 2 aromatic rings. The van der Waals surface area contributed by atoms with Crippen molar-refractivity contribution in [2.75, 3.05) is 11.4 Å². The molecule has 22 heavy (non-hydrogen) atoms. The van der Waals surface area contributed by atoms with E-state index < -0.39 is 6.04 Å². The predicted molar refractivity (Wildman–Crippen MR) is 88.5 cm³/mol. The molecule has 5 heteroatoms. The Balaban J connectivity index is 1.72. The van der Waals surface area contributed by atoms with Gasteiger partial charge in [-0.1, -0.05) is 12.1 Å². The standard InChI is InChI=1S/C17H18N2O2S/c1-11-5-6-13(10-12(11)2)19-8-7-14(17(19)21)18-16(20)15-4-3-9-22-15/h3-6,9-10,14H,7-8H2,1-2H3,(H,18,20). The van der Waals surface area contributed by atoms with E-state index in [1.165, 1.54) is 16.9 Å². The Kier molecular flexibility index (Phi) is 3.98. The van der Waals surface area contributed by atoms with Crippen molar-refractivity contribution in [1.29, 1.82) is 0 Å². The highest BCUT2D eigenvalue weighted by atomic mass is 32.1. The molecule has 1 unspecified atom stereocenters. The summed E-state index contributed by atoms with van der Waals surface area (Å²) in [5, 5.41) is 4.69. The van der Waals surface area contributed by atoms with E-state index in [0.29, 0.717) is 17.8 Å². The lowest BCUT2D eigenvalue weighted by Crippen LogP contribution is -2.41. The molecule has 1 N–H and O–H groups in total. The van der Waals surface area contributed by atoms with Gasteiger partial charge in [0.25, 0.3) is 5.91 Å². The zero-order valence-corrected chi connectivity index (χ0v) is 13.4. The second kappa shape index (κ2) is 5.93. The van der Waals surface area contributed by atoms with Gasteiger partial charge < -0.3 is 10.2 Å². The topological polar surface area (TPSA) is 49.4 Å². The Labute approximate surface area is 133 Å². The van der Waals surface area contributed by atoms with Crippen LogP contribution in [0.3, 0.4) is 0 Å². The molecule has 1 fully saturated rings. The summed E-state index contributed by atoms with van der Waals surface area (Å²) in [4.78, 5) is 27.0. The summed E-state index contributed by atoms with van der Waals surface area (Å²) in [6.07, 6.45) is 0.642. The second-order valence-electron chi connectivity index (χ2n) is 5.55. The Morgan fingerprint density at radius 1 is 1.27 bits per heavy atom. The first-order valence-corrected chi connectivity index (χ1v) is 8.17. The van der Waals surface area contributed by atoms with Crippen molar-refractivity contribution >= 4 is 28.8 Å². The molecule has 0 radical (unpaired) electrons. The van der Waals surface area contributed by atoms with Crippen LogP contribution >= 0.6 is 11.3 Å². The molecule has 2 amide bonds. The minimum absolute atomic E-state index is 0.0341. The average molecular weight is 314 g/mol. The first kappa shape index (κ1) is 14.8. The summed E-state index contributed by atoms with van der Waals surface area (Å²) in [5.74, 6) is -0.205. The summed E-state index contributed by atoms with van der Waals surface area (Å²) in [7, 11) is 0. The van der Waals surface area contributed by atoms with E-state index in [1.807, 2.05) is 36.6 Å². The number of amides is 2. The molecule has 4 nitrogen and oxygen atoms in total. The largest absolute Gasteiger partial charge is 0.339 e. The Morgan fingerprint density at radius 2 is 2.09 bits per heavy atom. The number of hydrogen-bond acceptors (Lipinski definition) is 3. The van der Waals surface area contributed by atoms with E-state index >= 15 is 0 Å². The highest BCUT2D eigenvalue weighted by Gasteiger charge is 2.33. The summed E-state index contributed by atoms with van der Waals surface area (Å²) in [5.41, 5.74) is 3.27. The van der Waals surface area contributed by atoms with E-state index in [-0.39, 0.29) is 11.8 Å². The van der Waals surface area contributed by atoms with Crippen LogP contribution in [-0.2, 0) is 4.79 Å². The smallest absolute Gasteiger partial charge is 0.261 e. The number of carbonyl (C=O) groups excluding carboxylic acids is 2. The van der Waals surface area contributed by atoms with Crippen LogP contribution < -0.4 is 10.2 Å². The third kappa shape index (κ3) is 2.76. The number of carbonyl (C=O) groups is 2. The molecule has 1 aliphatic heterocycles. The number of nitrogens with zero attached hydrogens (tertiary/aromatic N) is 1. The van der Waals surface area contributed by atoms with Gasteiger partial charge in [-0.25, -0.2) is 0 Å². The molecule has 1 aromatic carbocycles. The van der Waals surface area contributed by atoms with Crippen molar-refractivity contribution in [1.82, 2.24) is 5.32 Å². The highest BCUT2D eigenvalue weighted by Crippen LogP contribution is 2.24. The number of thiophene rings is 1. The molecule has 1 saturated heterocycles. The third-order valence-electron chi connectivity index (χ3n) is 4.06. The fourth-order valence-electron chi connectivity index (χ4n) is 2.60. The van der Waals surface area contributed by atoms with Crippen molar-refractivity contribution in [3.8, 4) is 0 Å². The van der Waals surface area contributed by atoms with Gasteiger partial charge in [0.05, 0.1) is 4.88 Å². The van der Waals surface area contributed by atoms with Crippen LogP contribution in [-0.4, -0.2) is 24.4 Å². The van der Waals surface area contributed by atoms with Crippen LogP contribution in [0, 0.1) is 13.8 Å². The molecule has 0 aliphatic carbocycles. The monoisotopic (exact) mass is 314 g/mol. The van der Waals surface area contributed by atoms with Gasteiger partial charge in [0.1, 0.15) is 6.04 Å². The quantitative estimate of drug-likeness (QED) is 0.947. The maximum absolute atomic E-state index is 12.5. The number of aryl methyl sites for hydroxylation is 2. The van der Waals surface area contributed by atoms with Gasteiger partial charge in [-0.3, -0.25) is 9.59 Å². The molecule has 0 spiro atoms. The van der Waals surface area contributed by atoms with Crippen LogP contribution in [0.4, 0.5) is 5.69 Å². The van der Waals surface area contributed by atoms with Crippen molar-refractivity contribution in [2.45, 2.75) is 26.3 Å². The van der Waals surface area contributed by atoms with E-state index in [9.17, 15) is 9.59 Å². The maximum atomic E-state index is 12.5. The number of hydrogen-bond donors (Lipinski definition) is 1. The molecular weight excluding hydrogens is 296 g/mol. The summed E-state index contributed by atoms with van der Waals surface area (Å²) >= 11 is 1.38. The number of nitrogens with one attached hydrogen (secondary N) is 1. The minimum atomic E-state index is -0.434. The third-order valence-corrected chi connectivity index (χ3v) is 4.93. The van der Waals surface area contributed by atoms with Gasteiger partial charge in [-0.2, -0.15) is 0 Å². The predicted octanol–water partition coefficient (Wildman–Crippen LogP) is 2.90. The Hall–Kier alpha value is -2.14. The highest BCUT2D eigenvalue weighted by molar-refractivity contribution is 7.12. The lowest BCUT2D eigenvalue weighted by Gasteiger charge is -2.18. The van der Waals surface area contributed by atoms with Gasteiger partial charge in [-0.05, 0) is 55.0 Å². The zero-order valence-electron chi connectivity index (χ0n) is 12.6. The molecule has 1 aliphatic rings. The molecule has 3 rings (SSSR count). The van der Waals surface area contributed by atoms with E-state index in [4.69, 9.17) is 0 Å². The molecule has 0 saturated carbocycles. The van der Waals surface area contributed by atoms with E-state index in [1.54, 1.807) is 11.0 Å². The second-order valence-corrected chi connectivity index (χ2v) is 6.50. The summed E-state index contributed by atoms with van der Waals surface area (Å²) in [6, 6.07) is 9.17. The lowest BCUT2D eigenvalue weighted by atomic mass is 10.1. The number of benzene rings is 1. The molecule has 0 bridgehead atoms. The van der Waals surface area contributed by atoms with Gasteiger partial charge >= 0.3 is 0 Å². The molecule has 1 atom stereocenters. The van der Waals surface area contributed by atoms with Gasteiger partial charge in [0.15, 0.2) is 0 Å². The zero-order chi connectivity index (χ0) is 15.7. The van der Waals surface area contributed by atoms with E-state index in [0.717, 1.165) is 11.3 Å². The first-order chi connectivity index (χ1) is 10.6. The Bertz CT molecular complexity index is 709. The summed E-state index contributed by atoms with van der Waals surface area (Å²) < 4.78 is 0. The maximum Gasteiger partial charge on any atom is 0.261 e. The fraction of sp³-hybridized carbons (Fsp3) is 0.294. The van der Waals surface area contributed by atoms with Crippen LogP contribution in [0.2, 0.25) is 0 Å². The number of anilines is 1. The van der Waals surface area contributed by atoms with Crippen LogP contribution in [0.5, 0.6) is 0 Å². The lowest BCUT2D eigenvalue weighted by molar-refractivity contribution is -0.118. The number of rotatable bonds is 3. The average Bonchev–Trinajstić information content (AvgIpc) is 3.13. The van der Waals surface area contributed by atoms with Crippen LogP contribution in [0.25, 0.3) is 0 Å². The molecule has 114 valence electrons. The van der Waals surface area contributed by atoms with Crippen molar-refractivity contribution in [3.63, 3.8) is 0 Å². The normalized spacial score (nSPS) is 17.8. The van der Waals surface area contributed by atoms with Gasteiger partial charge in [0, 0.05) is 12.2 Å². The minimum Gasteiger partial charge on any atom is -0.339 e. The SMILES string of the molecule is Cc1ccc(N2CCC(NC(=O)c3cccs3)C2=O)cc1C. The molecule has 1 aromatic heterocycles. The van der Waals surface area contributed by atoms with Gasteiger partial charge in [0.2, 0.25) is 5.91 Å². The van der Waals surface area contributed by atoms with Gasteiger partial charge in [-0.15, -0.1) is 11.3 Å². The van der Waals surface area contributed by atoms with Crippen LogP contribution in [0.15, 0.2) is 35.7 Å². The van der Waals surface area contributed by atoms with E-state index in [2.05, 4.69) is 12.2 Å². The fourth-order valence-corrected chi connectivity index (χ4v) is 3.23. The van der Waals surface area contributed by atoms with Crippen molar-refractivity contribution in [2.24, 2.45) is 0 Å². The molecular formula is C17H18N2O2S. The van der Waals surface area contributed by atoms with Crippen LogP contribution in [0.1, 0.15) is 27.2 Å². The first-order valence-electron chi connectivity index (χ1n) is 7.29.